The number of rotatable bonds is 4. The Kier molecular flexibility index (Phi) is 4.25. The fraction of sp³-hybridized carbons (Fsp3) is 0.562. The van der Waals surface area contributed by atoms with Crippen LogP contribution in [0.4, 0.5) is 0 Å². The van der Waals surface area contributed by atoms with Crippen LogP contribution in [0, 0.1) is 0 Å². The number of hydrogen-bond acceptors (Lipinski definition) is 2. The second kappa shape index (κ2) is 5.74. The number of nitrogens with one attached hydrogen (secondary N) is 1. The molecule has 2 rings (SSSR count). The van der Waals surface area contributed by atoms with Crippen molar-refractivity contribution in [3.05, 3.63) is 34.9 Å². The quantitative estimate of drug-likeness (QED) is 0.869. The summed E-state index contributed by atoms with van der Waals surface area (Å²) in [5.74, 6) is 0.0503. The van der Waals surface area contributed by atoms with Gasteiger partial charge in [0.05, 0.1) is 6.42 Å². The Hall–Kier alpha value is -1.35. The highest BCUT2D eigenvalue weighted by Gasteiger charge is 2.14. The zero-order valence-electron chi connectivity index (χ0n) is 12.0. The van der Waals surface area contributed by atoms with Crippen LogP contribution in [-0.4, -0.2) is 18.0 Å². The van der Waals surface area contributed by atoms with Gasteiger partial charge in [0.15, 0.2) is 0 Å². The van der Waals surface area contributed by atoms with Crippen molar-refractivity contribution in [2.24, 2.45) is 5.73 Å². The lowest BCUT2D eigenvalue weighted by molar-refractivity contribution is -0.120. The molecule has 3 N–H and O–H groups in total. The molecule has 1 aromatic rings. The molecule has 0 fully saturated rings. The van der Waals surface area contributed by atoms with E-state index in [1.165, 1.54) is 30.4 Å². The van der Waals surface area contributed by atoms with Gasteiger partial charge in [-0.25, -0.2) is 0 Å². The van der Waals surface area contributed by atoms with E-state index in [9.17, 15) is 4.79 Å². The van der Waals surface area contributed by atoms with E-state index in [-0.39, 0.29) is 11.4 Å². The molecule has 0 spiro atoms. The number of carbonyl (C=O) groups excluding carboxylic acids is 1. The third-order valence-corrected chi connectivity index (χ3v) is 3.52. The lowest BCUT2D eigenvalue weighted by Crippen LogP contribution is -2.45. The van der Waals surface area contributed by atoms with Gasteiger partial charge in [0.1, 0.15) is 0 Å². The Morgan fingerprint density at radius 2 is 1.95 bits per heavy atom. The Labute approximate surface area is 115 Å². The number of fused-ring (bicyclic) bond motifs is 1. The first-order valence-electron chi connectivity index (χ1n) is 7.10. The summed E-state index contributed by atoms with van der Waals surface area (Å²) in [6.07, 6.45) is 5.34. The maximum Gasteiger partial charge on any atom is 0.224 e. The smallest absolute Gasteiger partial charge is 0.224 e. The standard InChI is InChI=1S/C16H24N2O/c1-16(2,17)11-18-15(19)10-12-7-8-13-5-3-4-6-14(13)9-12/h7-9H,3-6,10-11,17H2,1-2H3,(H,18,19). The van der Waals surface area contributed by atoms with E-state index >= 15 is 0 Å². The maximum atomic E-state index is 11.9. The van der Waals surface area contributed by atoms with Gasteiger partial charge < -0.3 is 11.1 Å². The van der Waals surface area contributed by atoms with E-state index in [0.29, 0.717) is 13.0 Å². The van der Waals surface area contributed by atoms with Gasteiger partial charge in [-0.15, -0.1) is 0 Å². The minimum Gasteiger partial charge on any atom is -0.354 e. The second-order valence-corrected chi connectivity index (χ2v) is 6.25. The predicted molar refractivity (Wildman–Crippen MR) is 78.1 cm³/mol. The van der Waals surface area contributed by atoms with Gasteiger partial charge in [-0.3, -0.25) is 4.79 Å². The number of amides is 1. The van der Waals surface area contributed by atoms with E-state index < -0.39 is 0 Å². The average molecular weight is 260 g/mol. The summed E-state index contributed by atoms with van der Waals surface area (Å²) < 4.78 is 0. The van der Waals surface area contributed by atoms with Gasteiger partial charge in [0, 0.05) is 12.1 Å². The number of aryl methyl sites for hydroxylation is 2. The molecule has 0 atom stereocenters. The van der Waals surface area contributed by atoms with Crippen molar-refractivity contribution in [3.8, 4) is 0 Å². The van der Waals surface area contributed by atoms with Gasteiger partial charge in [-0.2, -0.15) is 0 Å². The Morgan fingerprint density at radius 3 is 2.63 bits per heavy atom. The molecule has 0 radical (unpaired) electrons. The van der Waals surface area contributed by atoms with Crippen LogP contribution < -0.4 is 11.1 Å². The van der Waals surface area contributed by atoms with Crippen molar-refractivity contribution >= 4 is 5.91 Å². The molecule has 0 heterocycles. The van der Waals surface area contributed by atoms with Crippen molar-refractivity contribution in [2.75, 3.05) is 6.54 Å². The molecule has 1 amide bonds. The van der Waals surface area contributed by atoms with Crippen molar-refractivity contribution in [3.63, 3.8) is 0 Å². The molecule has 0 unspecified atom stereocenters. The summed E-state index contributed by atoms with van der Waals surface area (Å²) >= 11 is 0. The van der Waals surface area contributed by atoms with Gasteiger partial charge in [-0.1, -0.05) is 18.2 Å². The highest BCUT2D eigenvalue weighted by Crippen LogP contribution is 2.22. The topological polar surface area (TPSA) is 55.1 Å². The molecular weight excluding hydrogens is 236 g/mol. The molecule has 1 aliphatic carbocycles. The average Bonchev–Trinajstić information content (AvgIpc) is 2.35. The first-order valence-corrected chi connectivity index (χ1v) is 7.10. The number of hydrogen-bond donors (Lipinski definition) is 2. The first-order chi connectivity index (χ1) is 8.94. The van der Waals surface area contributed by atoms with Crippen molar-refractivity contribution in [2.45, 2.75) is 51.5 Å². The predicted octanol–water partition coefficient (Wildman–Crippen LogP) is 1.96. The van der Waals surface area contributed by atoms with Crippen LogP contribution >= 0.6 is 0 Å². The molecule has 3 nitrogen and oxygen atoms in total. The summed E-state index contributed by atoms with van der Waals surface area (Å²) in [4.78, 5) is 11.9. The molecule has 0 aliphatic heterocycles. The SMILES string of the molecule is CC(C)(N)CNC(=O)Cc1ccc2c(c1)CCCC2. The summed E-state index contributed by atoms with van der Waals surface area (Å²) in [6.45, 7) is 4.33. The van der Waals surface area contributed by atoms with Crippen LogP contribution in [0.25, 0.3) is 0 Å². The maximum absolute atomic E-state index is 11.9. The number of carbonyl (C=O) groups is 1. The lowest BCUT2D eigenvalue weighted by Gasteiger charge is -2.19. The summed E-state index contributed by atoms with van der Waals surface area (Å²) in [5, 5.41) is 2.89. The largest absolute Gasteiger partial charge is 0.354 e. The fourth-order valence-electron chi connectivity index (χ4n) is 2.47. The molecule has 0 saturated heterocycles. The van der Waals surface area contributed by atoms with Gasteiger partial charge in [0.25, 0.3) is 0 Å². The Bertz CT molecular complexity index is 460. The summed E-state index contributed by atoms with van der Waals surface area (Å²) in [7, 11) is 0. The van der Waals surface area contributed by atoms with Crippen LogP contribution in [-0.2, 0) is 24.1 Å². The van der Waals surface area contributed by atoms with Gasteiger partial charge in [-0.05, 0) is 56.2 Å². The Balaban J connectivity index is 1.94. The fourth-order valence-corrected chi connectivity index (χ4v) is 2.47. The molecule has 0 saturated carbocycles. The minimum absolute atomic E-state index is 0.0503. The summed E-state index contributed by atoms with van der Waals surface area (Å²) in [5.41, 5.74) is 9.49. The highest BCUT2D eigenvalue weighted by atomic mass is 16.1. The molecule has 1 aliphatic rings. The van der Waals surface area contributed by atoms with E-state index in [1.807, 2.05) is 13.8 Å². The monoisotopic (exact) mass is 260 g/mol. The van der Waals surface area contributed by atoms with E-state index in [0.717, 1.165) is 12.0 Å². The van der Waals surface area contributed by atoms with Gasteiger partial charge >= 0.3 is 0 Å². The van der Waals surface area contributed by atoms with Crippen LogP contribution in [0.5, 0.6) is 0 Å². The molecule has 19 heavy (non-hydrogen) atoms. The molecular formula is C16H24N2O. The Morgan fingerprint density at radius 1 is 1.26 bits per heavy atom. The third-order valence-electron chi connectivity index (χ3n) is 3.52. The highest BCUT2D eigenvalue weighted by molar-refractivity contribution is 5.78. The molecule has 3 heteroatoms. The molecule has 1 aromatic carbocycles. The molecule has 104 valence electrons. The number of benzene rings is 1. The zero-order chi connectivity index (χ0) is 13.9. The zero-order valence-corrected chi connectivity index (χ0v) is 12.0. The molecule has 0 aromatic heterocycles. The summed E-state index contributed by atoms with van der Waals surface area (Å²) in [6, 6.07) is 6.46. The van der Waals surface area contributed by atoms with E-state index in [1.54, 1.807) is 0 Å². The van der Waals surface area contributed by atoms with Crippen molar-refractivity contribution in [1.29, 1.82) is 0 Å². The first kappa shape index (κ1) is 14.1. The third kappa shape index (κ3) is 4.35. The van der Waals surface area contributed by atoms with Crippen LogP contribution in [0.3, 0.4) is 0 Å². The van der Waals surface area contributed by atoms with E-state index in [2.05, 4.69) is 23.5 Å². The minimum atomic E-state index is -0.356. The van der Waals surface area contributed by atoms with Crippen LogP contribution in [0.15, 0.2) is 18.2 Å². The van der Waals surface area contributed by atoms with Crippen LogP contribution in [0.1, 0.15) is 43.4 Å². The van der Waals surface area contributed by atoms with Crippen molar-refractivity contribution < 1.29 is 4.79 Å². The van der Waals surface area contributed by atoms with Gasteiger partial charge in [0.2, 0.25) is 5.91 Å². The van der Waals surface area contributed by atoms with E-state index in [4.69, 9.17) is 5.73 Å². The van der Waals surface area contributed by atoms with Crippen molar-refractivity contribution in [1.82, 2.24) is 5.32 Å². The normalized spacial score (nSPS) is 14.9. The molecule has 0 bridgehead atoms. The lowest BCUT2D eigenvalue weighted by atomic mass is 9.90. The van der Waals surface area contributed by atoms with Crippen LogP contribution in [0.2, 0.25) is 0 Å². The second-order valence-electron chi connectivity index (χ2n) is 6.25. The number of nitrogens with two attached hydrogens (primary N) is 1.